The van der Waals surface area contributed by atoms with Crippen molar-refractivity contribution in [2.24, 2.45) is 0 Å². The number of carbonyl (C=O) groups is 1. The topological polar surface area (TPSA) is 89.9 Å². The number of rotatable bonds is 8. The van der Waals surface area contributed by atoms with E-state index in [4.69, 9.17) is 4.74 Å². The molecule has 0 unspecified atom stereocenters. The average Bonchev–Trinajstić information content (AvgIpc) is 3.43. The van der Waals surface area contributed by atoms with Gasteiger partial charge in [-0.15, -0.1) is 0 Å². The van der Waals surface area contributed by atoms with E-state index in [1.165, 1.54) is 18.5 Å². The zero-order chi connectivity index (χ0) is 29.4. The molecule has 8 heteroatoms. The molecular formula is C34H29FN4O3. The summed E-state index contributed by atoms with van der Waals surface area (Å²) in [6.07, 6.45) is 3.90. The molecule has 0 atom stereocenters. The molecule has 6 aromatic rings. The molecule has 0 spiro atoms. The predicted octanol–water partition coefficient (Wildman–Crippen LogP) is 7.32. The van der Waals surface area contributed by atoms with Crippen LogP contribution in [0.5, 0.6) is 11.6 Å². The van der Waals surface area contributed by atoms with Gasteiger partial charge in [-0.25, -0.2) is 14.4 Å². The molecule has 0 amide bonds. The monoisotopic (exact) mass is 560 g/mol. The number of benzene rings is 3. The van der Waals surface area contributed by atoms with Crippen LogP contribution >= 0.6 is 0 Å². The summed E-state index contributed by atoms with van der Waals surface area (Å²) >= 11 is 0. The lowest BCUT2D eigenvalue weighted by Gasteiger charge is -2.17. The molecule has 7 nitrogen and oxygen atoms in total. The number of nitrogens with one attached hydrogen (secondary N) is 1. The van der Waals surface area contributed by atoms with E-state index >= 15 is 4.39 Å². The number of halogens is 1. The number of ether oxygens (including phenoxy) is 1. The number of carbonyl (C=O) groups excluding carboxylic acids is 1. The predicted molar refractivity (Wildman–Crippen MR) is 162 cm³/mol. The maximum atomic E-state index is 15.4. The Balaban J connectivity index is 1.31. The Morgan fingerprint density at radius 1 is 1.02 bits per heavy atom. The van der Waals surface area contributed by atoms with Gasteiger partial charge in [-0.3, -0.25) is 9.59 Å². The Hall–Kier alpha value is -5.11. The standard InChI is InChI=1S/C34H29FN4O3/c1-4-14-39-21(3)30(32(41)24-15-20(2)10-12-27(24)39)28(40)17-22-11-13-29(26(35)16-22)42-34-31-25(23-8-6-5-7-9-23)18-36-33(31)37-19-38-34/h5-13,15-16,18-19H,4,14,17H2,1-3H3,(H,36,37,38). The minimum absolute atomic E-state index is 0.0333. The average molecular weight is 561 g/mol. The van der Waals surface area contributed by atoms with Gasteiger partial charge in [0.05, 0.1) is 16.5 Å². The summed E-state index contributed by atoms with van der Waals surface area (Å²) < 4.78 is 23.3. The fourth-order valence-corrected chi connectivity index (χ4v) is 5.49. The van der Waals surface area contributed by atoms with Gasteiger partial charge in [0.1, 0.15) is 12.0 Å². The summed E-state index contributed by atoms with van der Waals surface area (Å²) in [6.45, 7) is 6.45. The fourth-order valence-electron chi connectivity index (χ4n) is 5.49. The highest BCUT2D eigenvalue weighted by molar-refractivity contribution is 6.01. The van der Waals surface area contributed by atoms with Crippen LogP contribution in [-0.4, -0.2) is 25.3 Å². The quantitative estimate of drug-likeness (QED) is 0.197. The molecule has 3 aromatic carbocycles. The smallest absolute Gasteiger partial charge is 0.232 e. The van der Waals surface area contributed by atoms with Crippen molar-refractivity contribution in [1.29, 1.82) is 0 Å². The van der Waals surface area contributed by atoms with E-state index in [1.54, 1.807) is 13.0 Å². The number of hydrogen-bond acceptors (Lipinski definition) is 5. The lowest BCUT2D eigenvalue weighted by atomic mass is 9.98. The van der Waals surface area contributed by atoms with Crippen LogP contribution in [0.2, 0.25) is 0 Å². The summed E-state index contributed by atoms with van der Waals surface area (Å²) in [6, 6.07) is 19.8. The normalized spacial score (nSPS) is 11.3. The number of fused-ring (bicyclic) bond motifs is 2. The molecule has 6 rings (SSSR count). The molecule has 0 bridgehead atoms. The fraction of sp³-hybridized carbons (Fsp3) is 0.176. The molecule has 3 aromatic heterocycles. The first kappa shape index (κ1) is 27.1. The number of aromatic nitrogens is 4. The highest BCUT2D eigenvalue weighted by Crippen LogP contribution is 2.36. The zero-order valence-electron chi connectivity index (χ0n) is 23.6. The number of aryl methyl sites for hydroxylation is 2. The van der Waals surface area contributed by atoms with E-state index in [9.17, 15) is 9.59 Å². The number of hydrogen-bond donors (Lipinski definition) is 1. The first-order chi connectivity index (χ1) is 20.4. The summed E-state index contributed by atoms with van der Waals surface area (Å²) in [7, 11) is 0. The molecule has 42 heavy (non-hydrogen) atoms. The highest BCUT2D eigenvalue weighted by Gasteiger charge is 2.21. The van der Waals surface area contributed by atoms with Crippen molar-refractivity contribution < 1.29 is 13.9 Å². The third-order valence-corrected chi connectivity index (χ3v) is 7.49. The lowest BCUT2D eigenvalue weighted by Crippen LogP contribution is -2.24. The highest BCUT2D eigenvalue weighted by atomic mass is 19.1. The second-order valence-corrected chi connectivity index (χ2v) is 10.4. The largest absolute Gasteiger partial charge is 0.435 e. The van der Waals surface area contributed by atoms with Crippen LogP contribution in [0.4, 0.5) is 4.39 Å². The van der Waals surface area contributed by atoms with Gasteiger partial charge >= 0.3 is 0 Å². The van der Waals surface area contributed by atoms with Gasteiger partial charge in [0, 0.05) is 35.8 Å². The van der Waals surface area contributed by atoms with Crippen LogP contribution in [-0.2, 0) is 13.0 Å². The summed E-state index contributed by atoms with van der Waals surface area (Å²) in [5.74, 6) is -0.815. The Kier molecular flexibility index (Phi) is 7.12. The minimum atomic E-state index is -0.641. The number of nitrogens with zero attached hydrogens (tertiary/aromatic N) is 3. The van der Waals surface area contributed by atoms with Crippen LogP contribution < -0.4 is 10.2 Å². The second-order valence-electron chi connectivity index (χ2n) is 10.4. The molecule has 0 fully saturated rings. The van der Waals surface area contributed by atoms with Crippen molar-refractivity contribution in [2.75, 3.05) is 0 Å². The van der Waals surface area contributed by atoms with Crippen molar-refractivity contribution >= 4 is 27.7 Å². The number of aromatic amines is 1. The zero-order valence-corrected chi connectivity index (χ0v) is 23.6. The van der Waals surface area contributed by atoms with Gasteiger partial charge in [0.2, 0.25) is 5.88 Å². The molecule has 0 aliphatic carbocycles. The Labute approximate surface area is 241 Å². The van der Waals surface area contributed by atoms with Gasteiger partial charge < -0.3 is 14.3 Å². The first-order valence-corrected chi connectivity index (χ1v) is 13.9. The van der Waals surface area contributed by atoms with Crippen LogP contribution in [0, 0.1) is 19.7 Å². The lowest BCUT2D eigenvalue weighted by molar-refractivity contribution is 0.0990. The van der Waals surface area contributed by atoms with Crippen LogP contribution in [0.25, 0.3) is 33.1 Å². The van der Waals surface area contributed by atoms with Gasteiger partial charge in [0.15, 0.2) is 22.8 Å². The molecule has 0 saturated heterocycles. The Morgan fingerprint density at radius 2 is 1.83 bits per heavy atom. The van der Waals surface area contributed by atoms with Crippen molar-refractivity contribution in [3.63, 3.8) is 0 Å². The van der Waals surface area contributed by atoms with E-state index in [0.717, 1.165) is 28.6 Å². The maximum absolute atomic E-state index is 15.4. The van der Waals surface area contributed by atoms with Gasteiger partial charge in [0.25, 0.3) is 0 Å². The Morgan fingerprint density at radius 3 is 2.60 bits per heavy atom. The van der Waals surface area contributed by atoms with Crippen molar-refractivity contribution in [2.45, 2.75) is 40.2 Å². The van der Waals surface area contributed by atoms with Crippen molar-refractivity contribution in [3.8, 4) is 22.8 Å². The third-order valence-electron chi connectivity index (χ3n) is 7.49. The molecular weight excluding hydrogens is 531 g/mol. The van der Waals surface area contributed by atoms with Gasteiger partial charge in [-0.05, 0) is 55.7 Å². The molecule has 210 valence electrons. The molecule has 0 aliphatic rings. The van der Waals surface area contributed by atoms with E-state index in [-0.39, 0.29) is 34.8 Å². The SMILES string of the molecule is CCCn1c(C)c(C(=O)Cc2ccc(Oc3ncnc4[nH]cc(-c5ccccc5)c34)c(F)c2)c(=O)c2cc(C)ccc21. The molecule has 3 heterocycles. The van der Waals surface area contributed by atoms with E-state index < -0.39 is 5.82 Å². The number of pyridine rings is 1. The number of Topliss-reactive ketones (excluding diaryl/α,β-unsaturated/α-hetero) is 1. The first-order valence-electron chi connectivity index (χ1n) is 13.9. The number of ketones is 1. The van der Waals surface area contributed by atoms with Gasteiger partial charge in [-0.1, -0.05) is 55.0 Å². The van der Waals surface area contributed by atoms with Crippen molar-refractivity contribution in [3.05, 3.63) is 118 Å². The van der Waals surface area contributed by atoms with E-state index in [1.807, 2.05) is 66.2 Å². The van der Waals surface area contributed by atoms with Crippen LogP contribution in [0.15, 0.2) is 84.0 Å². The molecule has 0 aliphatic heterocycles. The van der Waals surface area contributed by atoms with Crippen molar-refractivity contribution in [1.82, 2.24) is 19.5 Å². The minimum Gasteiger partial charge on any atom is -0.435 e. The maximum Gasteiger partial charge on any atom is 0.232 e. The molecule has 0 saturated carbocycles. The summed E-state index contributed by atoms with van der Waals surface area (Å²) in [5, 5.41) is 1.15. The summed E-state index contributed by atoms with van der Waals surface area (Å²) in [5.41, 5.74) is 5.00. The summed E-state index contributed by atoms with van der Waals surface area (Å²) in [4.78, 5) is 38.7. The van der Waals surface area contributed by atoms with E-state index in [2.05, 4.69) is 21.9 Å². The van der Waals surface area contributed by atoms with Crippen LogP contribution in [0.1, 0.15) is 40.5 Å². The van der Waals surface area contributed by atoms with E-state index in [0.29, 0.717) is 34.2 Å². The molecule has 0 radical (unpaired) electrons. The molecule has 1 N–H and O–H groups in total. The van der Waals surface area contributed by atoms with Crippen LogP contribution in [0.3, 0.4) is 0 Å². The number of H-pyrrole nitrogens is 1. The van der Waals surface area contributed by atoms with Gasteiger partial charge in [-0.2, -0.15) is 0 Å². The third kappa shape index (κ3) is 4.85. The Bertz CT molecular complexity index is 2030. The second kappa shape index (κ2) is 11.0.